The largest absolute Gasteiger partial charge is 0.499 e. The Bertz CT molecular complexity index is 3150. The van der Waals surface area contributed by atoms with Crippen molar-refractivity contribution >= 4 is 17.9 Å². The molecular formula is C71H89N15O16. The smallest absolute Gasteiger partial charge is 0.325 e. The fraction of sp³-hybridized carbons (Fsp3) is 0.310. The zero-order chi connectivity index (χ0) is 75.1. The quantitative estimate of drug-likeness (QED) is 0.00806. The summed E-state index contributed by atoms with van der Waals surface area (Å²) in [6, 6.07) is 19.9. The van der Waals surface area contributed by atoms with Gasteiger partial charge in [0.2, 0.25) is 0 Å². The lowest BCUT2D eigenvalue weighted by Gasteiger charge is -2.13. The third kappa shape index (κ3) is 82.7. The van der Waals surface area contributed by atoms with Crippen LogP contribution in [0.5, 0.6) is 5.75 Å². The van der Waals surface area contributed by atoms with Gasteiger partial charge in [0.1, 0.15) is 113 Å². The number of carbonyl (C=O) groups excluding carboxylic acids is 3. The molecule has 1 aromatic rings. The van der Waals surface area contributed by atoms with Crippen LogP contribution in [0.4, 0.5) is 0 Å². The number of benzene rings is 1. The number of hydrogen-bond donors (Lipinski definition) is 4. The lowest BCUT2D eigenvalue weighted by molar-refractivity contribution is -0.144. The molecule has 0 bridgehead atoms. The standard InChI is InChI=1S/C25H32N4O5.C23H26N6O5.C18H19N3O4.C3H6.2CHN.2H2O/c1-4-24(33-21-19-32-18-16-29(3)15-9-8-13-27-2)11-10-17-31-20-22-34-25(30)23-28-14-7-5-6-12-26;1-27-22(19-26)6-3-8-29-20-23(30)34-16-15-32-11-4-10-31-13-14-33-12-9-28-7-2-5-21(17-24)18-25;19-13-16(14-20)5-4-8-21-15-18(22)25-12-10-23-9-11-24-17-6-2-1-3-7-17;1-3-2;2*1-2;;/h4-11,13-15,17,28H,1,16,18-23H2,3H3;2-8,10,28-29H,9,11-16,20H2;1-8,21H,9-12,15H2;3H,1H2,2H3;2*1H;2*1H2/b6-5+,13-8+,14-7+,15-9+,17-10+,24-11+;7-2+,8-3+,10-4+,22-6+;8-4+;;;;;. The lowest BCUT2D eigenvalue weighted by Crippen LogP contribution is -2.22. The van der Waals surface area contributed by atoms with E-state index in [9.17, 15) is 14.4 Å². The summed E-state index contributed by atoms with van der Waals surface area (Å²) in [6.45, 7) is 35.4. The van der Waals surface area contributed by atoms with Gasteiger partial charge in [0, 0.05) is 39.4 Å². The van der Waals surface area contributed by atoms with E-state index in [0.717, 1.165) is 12.3 Å². The molecule has 0 unspecified atom stereocenters. The van der Waals surface area contributed by atoms with Crippen molar-refractivity contribution in [3.63, 3.8) is 0 Å². The van der Waals surface area contributed by atoms with Gasteiger partial charge >= 0.3 is 17.9 Å². The molecule has 1 rings (SSSR count). The predicted octanol–water partition coefficient (Wildman–Crippen LogP) is 6.35. The number of ether oxygens (including phenoxy) is 11. The average Bonchev–Trinajstić information content (AvgIpc) is 1.52. The zero-order valence-electron chi connectivity index (χ0n) is 57.1. The minimum atomic E-state index is -0.461. The number of allylic oxidation sites excluding steroid dienone is 18. The van der Waals surface area contributed by atoms with Gasteiger partial charge in [0.05, 0.1) is 90.7 Å². The van der Waals surface area contributed by atoms with Crippen LogP contribution in [0.2, 0.25) is 0 Å². The molecule has 0 atom stereocenters. The Morgan fingerprint density at radius 3 is 1.57 bits per heavy atom. The van der Waals surface area contributed by atoms with E-state index in [4.69, 9.17) is 107 Å². The number of nitriles is 8. The lowest BCUT2D eigenvalue weighted by atomic mass is 10.3. The normalized spacial score (nSPS) is 10.1. The predicted molar refractivity (Wildman–Crippen MR) is 379 cm³/mol. The molecule has 0 amide bonds. The molecule has 0 saturated carbocycles. The van der Waals surface area contributed by atoms with E-state index in [1.54, 1.807) is 104 Å². The Kier molecular flexibility index (Phi) is 89.7. The van der Waals surface area contributed by atoms with E-state index in [-0.39, 0.29) is 87.1 Å². The highest BCUT2D eigenvalue weighted by Crippen LogP contribution is 2.08. The minimum absolute atomic E-state index is 0. The van der Waals surface area contributed by atoms with Crippen LogP contribution in [0.15, 0.2) is 213 Å². The van der Waals surface area contributed by atoms with E-state index in [2.05, 4.69) is 57.3 Å². The molecule has 0 aliphatic carbocycles. The summed E-state index contributed by atoms with van der Waals surface area (Å²) in [7, 11) is 1.92. The van der Waals surface area contributed by atoms with Gasteiger partial charge in [-0.2, -0.15) is 26.3 Å². The molecule has 8 N–H and O–H groups in total. The summed E-state index contributed by atoms with van der Waals surface area (Å²) < 4.78 is 57.9. The number of nitrogens with zero attached hydrogens (tertiary/aromatic N) is 11. The van der Waals surface area contributed by atoms with Crippen LogP contribution in [0.25, 0.3) is 9.69 Å². The first-order valence-corrected chi connectivity index (χ1v) is 29.6. The monoisotopic (exact) mass is 1410 g/mol. The third-order valence-corrected chi connectivity index (χ3v) is 9.54. The number of hydrogen-bond acceptors (Lipinski definition) is 27. The average molecular weight is 1410 g/mol. The van der Waals surface area contributed by atoms with Crippen molar-refractivity contribution in [3.05, 3.63) is 236 Å². The number of carbonyl (C=O) groups is 3. The maximum absolute atomic E-state index is 11.5. The van der Waals surface area contributed by atoms with Crippen LogP contribution in [0.1, 0.15) is 6.92 Å². The summed E-state index contributed by atoms with van der Waals surface area (Å²) >= 11 is 0. The summed E-state index contributed by atoms with van der Waals surface area (Å²) in [6.07, 6.45) is 37.2. The van der Waals surface area contributed by atoms with Gasteiger partial charge < -0.3 is 89.2 Å². The second kappa shape index (κ2) is 89.6. The highest BCUT2D eigenvalue weighted by Gasteiger charge is 2.03. The summed E-state index contributed by atoms with van der Waals surface area (Å²) in [5, 5.41) is 75.1. The number of para-hydroxylation sites is 1. The molecule has 0 aliphatic rings. The molecule has 31 nitrogen and oxygen atoms in total. The number of rotatable bonds is 48. The second-order valence-corrected chi connectivity index (χ2v) is 16.9. The van der Waals surface area contributed by atoms with Crippen LogP contribution in [0, 0.1) is 105 Å². The van der Waals surface area contributed by atoms with Gasteiger partial charge in [-0.15, -0.1) is 6.58 Å². The maximum atomic E-state index is 11.5. The Morgan fingerprint density at radius 2 is 1.03 bits per heavy atom. The van der Waals surface area contributed by atoms with Gasteiger partial charge in [-0.3, -0.25) is 14.4 Å². The molecule has 0 fully saturated rings. The van der Waals surface area contributed by atoms with E-state index in [1.165, 1.54) is 67.6 Å². The molecule has 0 aromatic heterocycles. The van der Waals surface area contributed by atoms with Crippen molar-refractivity contribution in [1.82, 2.24) is 26.2 Å². The Hall–Kier alpha value is -13.4. The van der Waals surface area contributed by atoms with Gasteiger partial charge in [-0.05, 0) is 111 Å². The summed E-state index contributed by atoms with van der Waals surface area (Å²) in [5.74, 6) is 0.0480. The van der Waals surface area contributed by atoms with Crippen molar-refractivity contribution in [1.29, 1.82) is 42.1 Å². The molecule has 1 aromatic carbocycles. The van der Waals surface area contributed by atoms with E-state index < -0.39 is 17.9 Å². The molecule has 0 radical (unpaired) electrons. The number of esters is 3. The van der Waals surface area contributed by atoms with Crippen LogP contribution >= 0.6 is 0 Å². The fourth-order valence-electron chi connectivity index (χ4n) is 5.28. The highest BCUT2D eigenvalue weighted by molar-refractivity contribution is 5.72. The van der Waals surface area contributed by atoms with E-state index in [1.807, 2.05) is 61.5 Å². The van der Waals surface area contributed by atoms with Crippen LogP contribution < -0.4 is 26.0 Å². The van der Waals surface area contributed by atoms with Crippen molar-refractivity contribution < 1.29 is 77.4 Å². The third-order valence-electron chi connectivity index (χ3n) is 9.54. The van der Waals surface area contributed by atoms with Crippen molar-refractivity contribution in [2.45, 2.75) is 6.92 Å². The first kappa shape index (κ1) is 102. The van der Waals surface area contributed by atoms with Gasteiger partial charge in [0.15, 0.2) is 6.20 Å². The zero-order valence-corrected chi connectivity index (χ0v) is 57.1. The van der Waals surface area contributed by atoms with Crippen molar-refractivity contribution in [3.8, 4) is 55.3 Å². The first-order chi connectivity index (χ1) is 49.0. The minimum Gasteiger partial charge on any atom is -0.499 e. The van der Waals surface area contributed by atoms with Crippen LogP contribution in [-0.2, 0) is 61.8 Å². The number of nitrogens with one attached hydrogen (secondary N) is 4. The van der Waals surface area contributed by atoms with Gasteiger partial charge in [-0.1, -0.05) is 55.2 Å². The van der Waals surface area contributed by atoms with Crippen molar-refractivity contribution in [2.24, 2.45) is 0 Å². The Labute approximate surface area is 598 Å². The van der Waals surface area contributed by atoms with Crippen LogP contribution in [0.3, 0.4) is 0 Å². The summed E-state index contributed by atoms with van der Waals surface area (Å²) in [5.41, 5.74) is -0.0379. The van der Waals surface area contributed by atoms with E-state index >= 15 is 0 Å². The highest BCUT2D eigenvalue weighted by atomic mass is 16.6. The molecule has 0 aliphatic heterocycles. The molecule has 102 heavy (non-hydrogen) atoms. The first-order valence-electron chi connectivity index (χ1n) is 29.6. The maximum Gasteiger partial charge on any atom is 0.325 e. The fourth-order valence-corrected chi connectivity index (χ4v) is 5.28. The molecule has 31 heteroatoms. The molecule has 544 valence electrons. The second-order valence-electron chi connectivity index (χ2n) is 16.9. The molecular weight excluding hydrogens is 1320 g/mol. The SMILES string of the molecule is C#N.C#N.C=CC.N#CC(C#N)=C/C=C/NCC(=O)OCCOCCOc1ccccc1.O.O.[C-]#[N+]/C(C#N)=C/C=C/NCC(=O)OCCOC/C=C/OCCOCCN/C=C/C=C(C#N)C#N.[C-]#[N+]/C=C/C=C/N(C)CCOCCO/C(C=C)=C/C=C/OCCOC(=O)CN/C=C/C=C/C#N. The molecule has 0 saturated heterocycles. The Balaban J connectivity index is -0.000000254. The molecule has 0 heterocycles. The summed E-state index contributed by atoms with van der Waals surface area (Å²) in [4.78, 5) is 42.4. The Morgan fingerprint density at radius 1 is 0.549 bits per heavy atom. The number of likely N-dealkylation sites (N-methyl/N-ethyl adjacent to an activating group) is 1. The van der Waals surface area contributed by atoms with Crippen molar-refractivity contribution in [2.75, 3.05) is 139 Å². The van der Waals surface area contributed by atoms with Gasteiger partial charge in [-0.25, -0.2) is 25.5 Å². The topological polar surface area (TPSA) is 466 Å². The van der Waals surface area contributed by atoms with Gasteiger partial charge in [0.25, 0.3) is 5.70 Å². The van der Waals surface area contributed by atoms with Crippen LogP contribution in [-0.4, -0.2) is 173 Å². The van der Waals surface area contributed by atoms with E-state index in [0.29, 0.717) is 71.8 Å². The molecule has 0 spiro atoms.